The van der Waals surface area contributed by atoms with Crippen molar-refractivity contribution in [2.24, 2.45) is 63.1 Å². The number of nitrogens with one attached hydrogen (secondary N) is 2. The molecule has 2 saturated heterocycles. The summed E-state index contributed by atoms with van der Waals surface area (Å²) in [5.41, 5.74) is 9.97. The zero-order chi connectivity index (χ0) is 50.2. The van der Waals surface area contributed by atoms with Crippen LogP contribution in [0.2, 0.25) is 0 Å². The van der Waals surface area contributed by atoms with Crippen molar-refractivity contribution in [2.75, 3.05) is 19.3 Å². The first-order valence-corrected chi connectivity index (χ1v) is 29.1. The maximum Gasteiger partial charge on any atom is 0.160 e. The minimum absolute atomic E-state index is 0.00321. The molecule has 2 aromatic carbocycles. The number of anilines is 1. The molecule has 13 rings (SSSR count). The smallest absolute Gasteiger partial charge is 0.160 e. The number of aliphatic hydroxyl groups excluding tert-OH is 1. The highest BCUT2D eigenvalue weighted by Crippen LogP contribution is 2.79. The van der Waals surface area contributed by atoms with Crippen molar-refractivity contribution in [1.82, 2.24) is 10.6 Å². The molecule has 0 radical (unpaired) electrons. The Morgan fingerprint density at radius 2 is 1.71 bits per heavy atom. The Balaban J connectivity index is 0.968. The van der Waals surface area contributed by atoms with Crippen LogP contribution in [0.15, 0.2) is 65.8 Å². The molecule has 0 aromatic heterocycles. The minimum atomic E-state index is -0.872. The molecule has 5 saturated carbocycles. The fourth-order valence-corrected chi connectivity index (χ4v) is 20.6. The molecule has 18 atom stereocenters. The summed E-state index contributed by atoms with van der Waals surface area (Å²) >= 11 is 0. The highest BCUT2D eigenvalue weighted by atomic mass is 16.6. The minimum Gasteiger partial charge on any atom is -0.508 e. The number of phenols is 1. The number of β-amino-alcohol motifs (C(OH)–C–C–N with tert-alkyl or cyclic N) is 1. The van der Waals surface area contributed by atoms with Gasteiger partial charge in [-0.25, -0.2) is 0 Å². The van der Waals surface area contributed by atoms with Crippen molar-refractivity contribution in [3.05, 3.63) is 82.5 Å². The first-order valence-electron chi connectivity index (χ1n) is 29.1. The van der Waals surface area contributed by atoms with Crippen LogP contribution in [0.5, 0.6) is 5.75 Å². The number of ketones is 2. The molecule has 2 aromatic rings. The second kappa shape index (κ2) is 17.9. The van der Waals surface area contributed by atoms with E-state index in [1.807, 2.05) is 32.2 Å². The van der Waals surface area contributed by atoms with E-state index < -0.39 is 28.6 Å². The molecule has 0 unspecified atom stereocenters. The maximum absolute atomic E-state index is 16.1. The average Bonchev–Trinajstić information content (AvgIpc) is 3.74. The Kier molecular flexibility index (Phi) is 12.3. The number of allylic oxidation sites excluding steroid dienone is 4. The van der Waals surface area contributed by atoms with E-state index in [0.29, 0.717) is 67.6 Å². The van der Waals surface area contributed by atoms with Gasteiger partial charge < -0.3 is 36.4 Å². The predicted molar refractivity (Wildman–Crippen MR) is 283 cm³/mol. The summed E-state index contributed by atoms with van der Waals surface area (Å²) < 4.78 is 6.79. The number of hydrogen-bond acceptors (Lipinski definition) is 9. The first-order chi connectivity index (χ1) is 34.5. The van der Waals surface area contributed by atoms with Gasteiger partial charge in [0.2, 0.25) is 0 Å². The highest BCUT2D eigenvalue weighted by Gasteiger charge is 2.76. The molecular formula is C63H87N3O6. The van der Waals surface area contributed by atoms with Crippen molar-refractivity contribution in [3.63, 3.8) is 0 Å². The number of benzene rings is 2. The maximum atomic E-state index is 16.1. The number of aliphatic hydroxyl groups is 2. The van der Waals surface area contributed by atoms with Crippen LogP contribution in [0.1, 0.15) is 185 Å². The molecule has 9 heteroatoms. The van der Waals surface area contributed by atoms with Gasteiger partial charge in [0.25, 0.3) is 0 Å². The quantitative estimate of drug-likeness (QED) is 0.0861. The second-order valence-corrected chi connectivity index (χ2v) is 27.0. The van der Waals surface area contributed by atoms with Crippen LogP contribution in [0.3, 0.4) is 0 Å². The molecule has 7 N–H and O–H groups in total. The van der Waals surface area contributed by atoms with E-state index in [1.54, 1.807) is 0 Å². The van der Waals surface area contributed by atoms with E-state index >= 15 is 9.59 Å². The van der Waals surface area contributed by atoms with E-state index in [4.69, 9.17) is 10.5 Å². The van der Waals surface area contributed by atoms with Gasteiger partial charge in [0, 0.05) is 42.1 Å². The fraction of sp³-hybridized carbons (Fsp3) is 0.714. The third-order valence-electron chi connectivity index (χ3n) is 23.4. The van der Waals surface area contributed by atoms with Gasteiger partial charge in [0.15, 0.2) is 5.78 Å². The molecule has 7 fully saturated rings. The van der Waals surface area contributed by atoms with Gasteiger partial charge in [0.05, 0.1) is 23.2 Å². The van der Waals surface area contributed by atoms with E-state index in [2.05, 4.69) is 67.8 Å². The van der Waals surface area contributed by atoms with Gasteiger partial charge in [-0.3, -0.25) is 9.59 Å². The van der Waals surface area contributed by atoms with Crippen molar-refractivity contribution in [2.45, 2.75) is 204 Å². The van der Waals surface area contributed by atoms with Crippen molar-refractivity contribution in [1.29, 1.82) is 0 Å². The number of hydrogen-bond donors (Lipinski definition) is 6. The molecule has 9 aliphatic carbocycles. The van der Waals surface area contributed by atoms with Crippen LogP contribution in [0.4, 0.5) is 5.69 Å². The summed E-state index contributed by atoms with van der Waals surface area (Å²) in [5, 5.41) is 43.5. The van der Waals surface area contributed by atoms with E-state index in [1.165, 1.54) is 30.4 Å². The molecule has 0 amide bonds. The van der Waals surface area contributed by atoms with E-state index in [-0.39, 0.29) is 57.8 Å². The summed E-state index contributed by atoms with van der Waals surface area (Å²) in [7, 11) is 1.93. The predicted octanol–water partition coefficient (Wildman–Crippen LogP) is 11.0. The van der Waals surface area contributed by atoms with E-state index in [0.717, 1.165) is 112 Å². The largest absolute Gasteiger partial charge is 0.508 e. The number of aromatic hydroxyl groups is 1. The highest BCUT2D eigenvalue weighted by molar-refractivity contribution is 6.01. The first kappa shape index (κ1) is 49.5. The third kappa shape index (κ3) is 7.43. The number of fused-ring (bicyclic) bond motifs is 3. The molecule has 2 heterocycles. The number of carbonyl (C=O) groups is 2. The molecule has 6 bridgehead atoms. The van der Waals surface area contributed by atoms with Crippen LogP contribution >= 0.6 is 0 Å². The average molecular weight is 982 g/mol. The lowest BCUT2D eigenvalue weighted by molar-refractivity contribution is -0.219. The normalized spacial score (nSPS) is 46.0. The zero-order valence-electron chi connectivity index (χ0n) is 44.3. The van der Waals surface area contributed by atoms with Gasteiger partial charge >= 0.3 is 0 Å². The Morgan fingerprint density at radius 1 is 0.903 bits per heavy atom. The fourth-order valence-electron chi connectivity index (χ4n) is 20.6. The molecule has 2 spiro atoms. The number of ether oxygens (including phenoxy) is 1. The van der Waals surface area contributed by atoms with E-state index in [9.17, 15) is 15.3 Å². The SMILES string of the molecule is CNCc1cc(O)cc([C@H]2C(=O)[C@]34CC=C[C@@H]2[C@@]2(C)[C@H]5CCC6=C7C(=O)C[C@]6(C)[C@@]5(CCC[C@H]5CCCC[C@@H]5[C@@H]7C[C@@H](O)[C@H]5O[C@]5(C)[C@@H]5CCC[C@H]5c5cccc(N)c5)C[C@@H](NC[C@](C)(O)CCCC3)[C@@H]42)c1. The van der Waals surface area contributed by atoms with Crippen LogP contribution in [-0.2, 0) is 20.9 Å². The Bertz CT molecular complexity index is 2540. The number of carbonyl (C=O) groups excluding carboxylic acids is 2. The third-order valence-corrected chi connectivity index (χ3v) is 23.4. The van der Waals surface area contributed by atoms with Crippen molar-refractivity contribution < 1.29 is 29.6 Å². The number of nitrogens with two attached hydrogens (primary N) is 1. The summed E-state index contributed by atoms with van der Waals surface area (Å²) in [6.45, 7) is 10.4. The number of rotatable bonds is 8. The summed E-state index contributed by atoms with van der Waals surface area (Å²) in [5.74, 6) is 2.21. The topological polar surface area (TPSA) is 157 Å². The van der Waals surface area contributed by atoms with Crippen molar-refractivity contribution in [3.8, 4) is 5.75 Å². The summed E-state index contributed by atoms with van der Waals surface area (Å²) in [6, 6.07) is 14.3. The van der Waals surface area contributed by atoms with Gasteiger partial charge in [-0.05, 0) is 196 Å². The van der Waals surface area contributed by atoms with Gasteiger partial charge in [-0.2, -0.15) is 0 Å². The lowest BCUT2D eigenvalue weighted by Crippen LogP contribution is -2.73. The monoisotopic (exact) mass is 982 g/mol. The summed E-state index contributed by atoms with van der Waals surface area (Å²) in [6.07, 6.45) is 23.0. The lowest BCUT2D eigenvalue weighted by atomic mass is 9.31. The Labute approximate surface area is 430 Å². The number of epoxide rings is 1. The number of nitrogen functional groups attached to an aromatic ring is 1. The molecule has 2 aliphatic heterocycles. The molecule has 72 heavy (non-hydrogen) atoms. The van der Waals surface area contributed by atoms with Crippen LogP contribution in [0.25, 0.3) is 0 Å². The molecule has 9 nitrogen and oxygen atoms in total. The van der Waals surface area contributed by atoms with Gasteiger partial charge in [-0.15, -0.1) is 0 Å². The number of phenolic OH excluding ortho intramolecular Hbond substituents is 1. The lowest BCUT2D eigenvalue weighted by Gasteiger charge is -2.73. The zero-order valence-corrected chi connectivity index (χ0v) is 44.3. The molecule has 390 valence electrons. The van der Waals surface area contributed by atoms with Crippen molar-refractivity contribution >= 4 is 17.3 Å². The van der Waals surface area contributed by atoms with Crippen LogP contribution in [0, 0.1) is 63.1 Å². The number of Topliss-reactive ketones (excluding diaryl/α,β-unsaturated/α-hetero) is 2. The van der Waals surface area contributed by atoms with Crippen LogP contribution < -0.4 is 16.4 Å². The standard InChI is InChI=1S/C63H87N3O6/c1-58(71)24-8-9-25-62-26-13-21-48(53(56(62)70)40-28-37(35-65-5)29-42(67)31-40)60(3)52-23-22-47-54-45(32-50(68)57-61(4,72-57)46-20-11-19-44(46)39-15-10-17-41(64)30-39)43-18-7-6-14-38(43)16-12-27-63(52,59(47,2)34-51(54)69)33-49(55(60)62)66-36-58/h10,13,15,17,21,28-31,38,43-46,48-50,52-53,55,57,65-68,71H,6-9,11-12,14,16,18-20,22-27,32-36,64H2,1-5H3/t38-,43+,44+,45+,46-,48+,49-,50-,52-,53-,55-,57-,58-,59+,60+,61-,62+,63+/m1/s1. The van der Waals surface area contributed by atoms with Gasteiger partial charge in [-0.1, -0.05) is 101 Å². The van der Waals surface area contributed by atoms with Crippen LogP contribution in [-0.4, -0.2) is 69.9 Å². The van der Waals surface area contributed by atoms with Gasteiger partial charge in [0.1, 0.15) is 17.6 Å². The Hall–Kier alpha value is -3.34. The second-order valence-electron chi connectivity index (χ2n) is 27.0. The summed E-state index contributed by atoms with van der Waals surface area (Å²) in [4.78, 5) is 31.8. The Morgan fingerprint density at radius 3 is 2.53 bits per heavy atom. The molecular weight excluding hydrogens is 895 g/mol. The molecule has 11 aliphatic rings.